The van der Waals surface area contributed by atoms with Gasteiger partial charge in [-0.05, 0) is 47.5 Å². The number of carbonyl (C=O) groups excluding carboxylic acids is 1. The molecular formula is C16H15NO3S2. The molecule has 3 aromatic heterocycles. The zero-order valence-electron chi connectivity index (χ0n) is 11.9. The zero-order valence-corrected chi connectivity index (χ0v) is 13.5. The number of rotatable bonds is 5. The molecule has 4 nitrogen and oxygen atoms in total. The SMILES string of the molecule is Cc1csc(C(=O)NC[C@@H](O)c2ccc(-c3ccsc3)o2)c1. The molecule has 0 aliphatic rings. The van der Waals surface area contributed by atoms with E-state index in [1.165, 1.54) is 11.3 Å². The minimum absolute atomic E-state index is 0.117. The highest BCUT2D eigenvalue weighted by Crippen LogP contribution is 2.26. The molecule has 0 saturated heterocycles. The molecule has 3 aromatic rings. The van der Waals surface area contributed by atoms with E-state index < -0.39 is 6.10 Å². The van der Waals surface area contributed by atoms with Gasteiger partial charge in [0.15, 0.2) is 0 Å². The van der Waals surface area contributed by atoms with Crippen molar-refractivity contribution >= 4 is 28.6 Å². The Bertz CT molecular complexity index is 758. The maximum atomic E-state index is 11.9. The zero-order chi connectivity index (χ0) is 15.5. The smallest absolute Gasteiger partial charge is 0.261 e. The lowest BCUT2D eigenvalue weighted by Crippen LogP contribution is -2.27. The average molecular weight is 333 g/mol. The van der Waals surface area contributed by atoms with Crippen LogP contribution in [-0.4, -0.2) is 17.6 Å². The summed E-state index contributed by atoms with van der Waals surface area (Å²) in [5, 5.41) is 18.7. The first kappa shape index (κ1) is 15.0. The number of aliphatic hydroxyl groups is 1. The molecule has 0 radical (unpaired) electrons. The Labute approximate surface area is 136 Å². The number of thiophene rings is 2. The summed E-state index contributed by atoms with van der Waals surface area (Å²) in [6.07, 6.45) is -0.864. The van der Waals surface area contributed by atoms with Crippen molar-refractivity contribution in [1.29, 1.82) is 0 Å². The van der Waals surface area contributed by atoms with Crippen molar-refractivity contribution in [3.8, 4) is 11.3 Å². The van der Waals surface area contributed by atoms with E-state index in [1.807, 2.05) is 41.3 Å². The van der Waals surface area contributed by atoms with Crippen LogP contribution in [0.5, 0.6) is 0 Å². The van der Waals surface area contributed by atoms with Crippen molar-refractivity contribution in [3.63, 3.8) is 0 Å². The lowest BCUT2D eigenvalue weighted by molar-refractivity contribution is 0.0905. The molecule has 1 amide bonds. The largest absolute Gasteiger partial charge is 0.458 e. The van der Waals surface area contributed by atoms with Crippen molar-refractivity contribution in [2.24, 2.45) is 0 Å². The quantitative estimate of drug-likeness (QED) is 0.745. The van der Waals surface area contributed by atoms with Gasteiger partial charge in [0, 0.05) is 10.9 Å². The third-order valence-corrected chi connectivity index (χ3v) is 4.90. The fourth-order valence-electron chi connectivity index (χ4n) is 2.02. The Morgan fingerprint density at radius 3 is 2.91 bits per heavy atom. The Balaban J connectivity index is 1.60. The summed E-state index contributed by atoms with van der Waals surface area (Å²) < 4.78 is 5.64. The summed E-state index contributed by atoms with van der Waals surface area (Å²) in [4.78, 5) is 12.6. The molecule has 3 heterocycles. The molecule has 0 aliphatic carbocycles. The highest BCUT2D eigenvalue weighted by atomic mass is 32.1. The first-order chi connectivity index (χ1) is 10.6. The van der Waals surface area contributed by atoms with Crippen molar-refractivity contribution in [1.82, 2.24) is 5.32 Å². The van der Waals surface area contributed by atoms with Crippen LogP contribution in [0, 0.1) is 6.92 Å². The van der Waals surface area contributed by atoms with E-state index in [9.17, 15) is 9.90 Å². The van der Waals surface area contributed by atoms with E-state index in [1.54, 1.807) is 17.4 Å². The van der Waals surface area contributed by atoms with E-state index in [0.29, 0.717) is 10.6 Å². The minimum atomic E-state index is -0.864. The number of hydrogen-bond acceptors (Lipinski definition) is 5. The van der Waals surface area contributed by atoms with Crippen LogP contribution in [0.3, 0.4) is 0 Å². The lowest BCUT2D eigenvalue weighted by atomic mass is 10.2. The van der Waals surface area contributed by atoms with Crippen LogP contribution in [0.25, 0.3) is 11.3 Å². The summed E-state index contributed by atoms with van der Waals surface area (Å²) in [5.74, 6) is 0.987. The van der Waals surface area contributed by atoms with Gasteiger partial charge in [-0.3, -0.25) is 4.79 Å². The number of nitrogens with one attached hydrogen (secondary N) is 1. The molecule has 3 rings (SSSR count). The van der Waals surface area contributed by atoms with Gasteiger partial charge < -0.3 is 14.8 Å². The van der Waals surface area contributed by atoms with E-state index in [-0.39, 0.29) is 12.5 Å². The predicted molar refractivity (Wildman–Crippen MR) is 88.4 cm³/mol. The Kier molecular flexibility index (Phi) is 4.42. The molecule has 0 saturated carbocycles. The molecule has 2 N–H and O–H groups in total. The van der Waals surface area contributed by atoms with Gasteiger partial charge in [-0.15, -0.1) is 11.3 Å². The summed E-state index contributed by atoms with van der Waals surface area (Å²) >= 11 is 2.98. The molecule has 0 unspecified atom stereocenters. The van der Waals surface area contributed by atoms with Crippen LogP contribution in [0.2, 0.25) is 0 Å². The van der Waals surface area contributed by atoms with E-state index in [4.69, 9.17) is 4.42 Å². The number of hydrogen-bond donors (Lipinski definition) is 2. The van der Waals surface area contributed by atoms with Crippen molar-refractivity contribution in [3.05, 3.63) is 56.6 Å². The molecule has 22 heavy (non-hydrogen) atoms. The molecule has 114 valence electrons. The first-order valence-corrected chi connectivity index (χ1v) is 8.59. The summed E-state index contributed by atoms with van der Waals surface area (Å²) in [6, 6.07) is 7.35. The van der Waals surface area contributed by atoms with Gasteiger partial charge >= 0.3 is 0 Å². The normalized spacial score (nSPS) is 12.3. The molecule has 1 atom stereocenters. The van der Waals surface area contributed by atoms with Crippen LogP contribution in [-0.2, 0) is 0 Å². The monoisotopic (exact) mass is 333 g/mol. The molecule has 0 aromatic carbocycles. The highest BCUT2D eigenvalue weighted by molar-refractivity contribution is 7.12. The number of amides is 1. The maximum absolute atomic E-state index is 11.9. The third kappa shape index (κ3) is 3.30. The van der Waals surface area contributed by atoms with Crippen molar-refractivity contribution < 1.29 is 14.3 Å². The topological polar surface area (TPSA) is 62.5 Å². The summed E-state index contributed by atoms with van der Waals surface area (Å²) in [7, 11) is 0. The first-order valence-electron chi connectivity index (χ1n) is 6.77. The van der Waals surface area contributed by atoms with Gasteiger partial charge in [0.1, 0.15) is 17.6 Å². The fraction of sp³-hybridized carbons (Fsp3) is 0.188. The number of furan rings is 1. The summed E-state index contributed by atoms with van der Waals surface area (Å²) in [6.45, 7) is 2.06. The molecular weight excluding hydrogens is 318 g/mol. The third-order valence-electron chi connectivity index (χ3n) is 3.17. The highest BCUT2D eigenvalue weighted by Gasteiger charge is 2.16. The van der Waals surface area contributed by atoms with Gasteiger partial charge in [0.05, 0.1) is 11.4 Å². The molecule has 0 spiro atoms. The van der Waals surface area contributed by atoms with Gasteiger partial charge in [-0.1, -0.05) is 0 Å². The second-order valence-electron chi connectivity index (χ2n) is 4.93. The van der Waals surface area contributed by atoms with E-state index >= 15 is 0 Å². The van der Waals surface area contributed by atoms with E-state index in [2.05, 4.69) is 5.32 Å². The second kappa shape index (κ2) is 6.48. The van der Waals surface area contributed by atoms with Gasteiger partial charge in [-0.25, -0.2) is 0 Å². The second-order valence-corrected chi connectivity index (χ2v) is 6.62. The summed E-state index contributed by atoms with van der Waals surface area (Å²) in [5.41, 5.74) is 2.05. The number of aliphatic hydroxyl groups excluding tert-OH is 1. The van der Waals surface area contributed by atoms with Crippen LogP contribution < -0.4 is 5.32 Å². The van der Waals surface area contributed by atoms with Crippen LogP contribution >= 0.6 is 22.7 Å². The standard InChI is InChI=1S/C16H15NO3S2/c1-10-6-15(22-8-10)16(19)17-7-12(18)14-3-2-13(20-14)11-4-5-21-9-11/h2-6,8-9,12,18H,7H2,1H3,(H,17,19)/t12-/m1/s1. The Morgan fingerprint density at radius 1 is 1.36 bits per heavy atom. The van der Waals surface area contributed by atoms with Crippen molar-refractivity contribution in [2.75, 3.05) is 6.54 Å². The van der Waals surface area contributed by atoms with Gasteiger partial charge in [-0.2, -0.15) is 11.3 Å². The average Bonchev–Trinajstić information content (AvgIpc) is 3.23. The van der Waals surface area contributed by atoms with E-state index in [0.717, 1.165) is 16.9 Å². The molecule has 0 fully saturated rings. The Morgan fingerprint density at radius 2 is 2.23 bits per heavy atom. The minimum Gasteiger partial charge on any atom is -0.458 e. The van der Waals surface area contributed by atoms with Gasteiger partial charge in [0.25, 0.3) is 5.91 Å². The lowest BCUT2D eigenvalue weighted by Gasteiger charge is -2.08. The fourth-order valence-corrected chi connectivity index (χ4v) is 3.48. The van der Waals surface area contributed by atoms with Crippen LogP contribution in [0.1, 0.15) is 27.1 Å². The maximum Gasteiger partial charge on any atom is 0.261 e. The van der Waals surface area contributed by atoms with Crippen LogP contribution in [0.4, 0.5) is 0 Å². The predicted octanol–water partition coefficient (Wildman–Crippen LogP) is 3.84. The van der Waals surface area contributed by atoms with Crippen molar-refractivity contribution in [2.45, 2.75) is 13.0 Å². The molecule has 0 aliphatic heterocycles. The number of aryl methyl sites for hydroxylation is 1. The van der Waals surface area contributed by atoms with Gasteiger partial charge in [0.2, 0.25) is 0 Å². The Hall–Kier alpha value is -1.89. The van der Waals surface area contributed by atoms with Crippen LogP contribution in [0.15, 0.2) is 44.8 Å². The number of carbonyl (C=O) groups is 1. The molecule has 6 heteroatoms. The molecule has 0 bridgehead atoms.